The third kappa shape index (κ3) is 3.19. The Hall–Kier alpha value is -2.55. The fraction of sp³-hybridized carbons (Fsp3) is 0.727. The Balaban J connectivity index is 1.54. The second-order valence-corrected chi connectivity index (χ2v) is 15.5. The highest BCUT2D eigenvalue weighted by molar-refractivity contribution is 6.03. The second-order valence-electron chi connectivity index (χ2n) is 15.5. The molecule has 5 aliphatic rings. The van der Waals surface area contributed by atoms with Crippen molar-refractivity contribution in [1.82, 2.24) is 10.1 Å². The molecule has 3 saturated carbocycles. The predicted octanol–water partition coefficient (Wildman–Crippen LogP) is 7.20. The Morgan fingerprint density at radius 3 is 2.33 bits per heavy atom. The van der Waals surface area contributed by atoms with Crippen molar-refractivity contribution in [2.75, 3.05) is 0 Å². The summed E-state index contributed by atoms with van der Waals surface area (Å²) in [5.41, 5.74) is -0.315. The van der Waals surface area contributed by atoms with Gasteiger partial charge in [0.2, 0.25) is 11.6 Å². The van der Waals surface area contributed by atoms with Crippen molar-refractivity contribution in [1.29, 1.82) is 0 Å². The second kappa shape index (κ2) is 7.80. The van der Waals surface area contributed by atoms with Gasteiger partial charge in [0.05, 0.1) is 6.57 Å². The molecular formula is C33H43N3O3. The van der Waals surface area contributed by atoms with Crippen LogP contribution in [0.1, 0.15) is 105 Å². The SMILES string of the molecule is [C-]#[N+]C1=C[C@]2(C)C3=CC(=O)[C@@H]4[C@@H]5CC(C)(C)CC[C@]5(c5noc(C)n5)CC[C@@]4(C)[C@]3(C)CC[C@H]2C(C)(C)C1=O. The zero-order valence-electron chi connectivity index (χ0n) is 24.9. The molecule has 5 aliphatic carbocycles. The fourth-order valence-electron chi connectivity index (χ4n) is 10.5. The third-order valence-electron chi connectivity index (χ3n) is 12.8. The molecule has 6 heteroatoms. The lowest BCUT2D eigenvalue weighted by Crippen LogP contribution is -2.65. The number of aryl methyl sites for hydroxylation is 1. The van der Waals surface area contributed by atoms with E-state index in [0.717, 1.165) is 56.3 Å². The highest BCUT2D eigenvalue weighted by Gasteiger charge is 2.70. The molecule has 39 heavy (non-hydrogen) atoms. The molecule has 0 bridgehead atoms. The van der Waals surface area contributed by atoms with Gasteiger partial charge in [0.25, 0.3) is 0 Å². The van der Waals surface area contributed by atoms with Crippen LogP contribution in [0, 0.1) is 58.3 Å². The number of nitrogens with zero attached hydrogens (tertiary/aromatic N) is 3. The van der Waals surface area contributed by atoms with Gasteiger partial charge in [-0.1, -0.05) is 65.3 Å². The van der Waals surface area contributed by atoms with E-state index in [0.29, 0.717) is 5.89 Å². The lowest BCUT2D eigenvalue weighted by molar-refractivity contribution is -0.160. The maximum absolute atomic E-state index is 14.6. The van der Waals surface area contributed by atoms with E-state index in [1.165, 1.54) is 0 Å². The maximum Gasteiger partial charge on any atom is 0.226 e. The molecule has 0 aromatic carbocycles. The smallest absolute Gasteiger partial charge is 0.226 e. The van der Waals surface area contributed by atoms with Gasteiger partial charge >= 0.3 is 0 Å². The molecule has 0 saturated heterocycles. The predicted molar refractivity (Wildman–Crippen MR) is 148 cm³/mol. The summed E-state index contributed by atoms with van der Waals surface area (Å²) in [6, 6.07) is 0. The van der Waals surface area contributed by atoms with E-state index in [1.807, 2.05) is 32.9 Å². The average Bonchev–Trinajstić information content (AvgIpc) is 3.29. The van der Waals surface area contributed by atoms with E-state index in [2.05, 4.69) is 44.6 Å². The first-order valence-corrected chi connectivity index (χ1v) is 14.8. The zero-order chi connectivity index (χ0) is 28.4. The normalized spacial score (nSPS) is 44.1. The number of carbonyl (C=O) groups excluding carboxylic acids is 2. The minimum atomic E-state index is -0.641. The van der Waals surface area contributed by atoms with Crippen LogP contribution in [0.15, 0.2) is 27.9 Å². The summed E-state index contributed by atoms with van der Waals surface area (Å²) in [4.78, 5) is 36.3. The van der Waals surface area contributed by atoms with Gasteiger partial charge in [-0.15, -0.1) is 0 Å². The Morgan fingerprint density at radius 2 is 1.69 bits per heavy atom. The molecule has 7 atom stereocenters. The first kappa shape index (κ1) is 26.7. The van der Waals surface area contributed by atoms with Gasteiger partial charge in [-0.2, -0.15) is 4.98 Å². The van der Waals surface area contributed by atoms with Crippen LogP contribution in [0.3, 0.4) is 0 Å². The molecule has 0 aliphatic heterocycles. The lowest BCUT2D eigenvalue weighted by Gasteiger charge is -2.69. The Kier molecular flexibility index (Phi) is 5.33. The molecule has 208 valence electrons. The number of allylic oxidation sites excluding steroid dienone is 4. The topological polar surface area (TPSA) is 77.4 Å². The van der Waals surface area contributed by atoms with Crippen molar-refractivity contribution in [3.05, 3.63) is 46.6 Å². The van der Waals surface area contributed by atoms with E-state index in [9.17, 15) is 9.59 Å². The quantitative estimate of drug-likeness (QED) is 0.360. The molecule has 1 aromatic heterocycles. The number of ketones is 2. The average molecular weight is 530 g/mol. The summed E-state index contributed by atoms with van der Waals surface area (Å²) in [7, 11) is 0. The Morgan fingerprint density at radius 1 is 1.00 bits per heavy atom. The molecule has 1 heterocycles. The van der Waals surface area contributed by atoms with Crippen molar-refractivity contribution in [2.45, 2.75) is 106 Å². The molecule has 0 unspecified atom stereocenters. The standard InChI is InChI=1S/C33H43N3O3/c1-19-35-27(36-39-19)33-14-12-28(2,3)17-20(33)25-22(37)16-24-30(6)18-21(34-9)26(38)29(4,5)23(30)10-11-31(24,7)32(25,8)13-15-33/h16,18,20,23,25H,10-15,17H2,1-8H3/t20-,23-,25-,30-,31+,32+,33-/m0/s1. The van der Waals surface area contributed by atoms with E-state index in [1.54, 1.807) is 0 Å². The van der Waals surface area contributed by atoms with Crippen molar-refractivity contribution < 1.29 is 14.1 Å². The summed E-state index contributed by atoms with van der Waals surface area (Å²) in [6.45, 7) is 25.3. The largest absolute Gasteiger partial charge is 0.340 e. The molecule has 6 nitrogen and oxygen atoms in total. The van der Waals surface area contributed by atoms with E-state index in [-0.39, 0.29) is 56.7 Å². The Bertz CT molecular complexity index is 1390. The summed E-state index contributed by atoms with van der Waals surface area (Å²) >= 11 is 0. The van der Waals surface area contributed by atoms with Crippen molar-refractivity contribution in [3.63, 3.8) is 0 Å². The van der Waals surface area contributed by atoms with Crippen molar-refractivity contribution in [2.24, 2.45) is 44.8 Å². The fourth-order valence-corrected chi connectivity index (χ4v) is 10.5. The number of hydrogen-bond acceptors (Lipinski definition) is 5. The van der Waals surface area contributed by atoms with Crippen LogP contribution in [-0.4, -0.2) is 21.7 Å². The molecule has 0 N–H and O–H groups in total. The summed E-state index contributed by atoms with van der Waals surface area (Å²) in [5.74, 6) is 1.62. The minimum absolute atomic E-state index is 0.0577. The summed E-state index contributed by atoms with van der Waals surface area (Å²) < 4.78 is 5.51. The van der Waals surface area contributed by atoms with Crippen molar-refractivity contribution >= 4 is 11.6 Å². The molecule has 0 radical (unpaired) electrons. The van der Waals surface area contributed by atoms with Gasteiger partial charge in [0.1, 0.15) is 0 Å². The number of fused-ring (bicyclic) bond motifs is 7. The minimum Gasteiger partial charge on any atom is -0.340 e. The third-order valence-corrected chi connectivity index (χ3v) is 12.8. The maximum atomic E-state index is 14.6. The van der Waals surface area contributed by atoms with E-state index in [4.69, 9.17) is 16.1 Å². The van der Waals surface area contributed by atoms with Crippen LogP contribution >= 0.6 is 0 Å². The van der Waals surface area contributed by atoms with Gasteiger partial charge in [0.15, 0.2) is 17.4 Å². The molecule has 3 fully saturated rings. The number of carbonyl (C=O) groups is 2. The van der Waals surface area contributed by atoms with Crippen LogP contribution in [0.25, 0.3) is 4.85 Å². The monoisotopic (exact) mass is 529 g/mol. The van der Waals surface area contributed by atoms with Crippen LogP contribution in [0.5, 0.6) is 0 Å². The van der Waals surface area contributed by atoms with Crippen LogP contribution in [0.2, 0.25) is 0 Å². The lowest BCUT2D eigenvalue weighted by atomic mass is 9.34. The summed E-state index contributed by atoms with van der Waals surface area (Å²) in [5, 5.41) is 4.47. The Labute approximate surface area is 232 Å². The highest BCUT2D eigenvalue weighted by atomic mass is 16.5. The highest BCUT2D eigenvalue weighted by Crippen LogP contribution is 2.74. The molecular weight excluding hydrogens is 486 g/mol. The van der Waals surface area contributed by atoms with Gasteiger partial charge in [-0.05, 0) is 79.1 Å². The number of rotatable bonds is 1. The van der Waals surface area contributed by atoms with Gasteiger partial charge in [0, 0.05) is 29.1 Å². The van der Waals surface area contributed by atoms with E-state index >= 15 is 0 Å². The van der Waals surface area contributed by atoms with Crippen LogP contribution in [0.4, 0.5) is 0 Å². The first-order valence-electron chi connectivity index (χ1n) is 14.8. The van der Waals surface area contributed by atoms with Crippen LogP contribution in [-0.2, 0) is 15.0 Å². The van der Waals surface area contributed by atoms with Gasteiger partial charge < -0.3 is 9.32 Å². The summed E-state index contributed by atoms with van der Waals surface area (Å²) in [6.07, 6.45) is 10.7. The van der Waals surface area contributed by atoms with Crippen molar-refractivity contribution in [3.8, 4) is 0 Å². The molecule has 6 rings (SSSR count). The van der Waals surface area contributed by atoms with E-state index < -0.39 is 10.8 Å². The molecule has 0 spiro atoms. The number of hydrogen-bond donors (Lipinski definition) is 0. The first-order chi connectivity index (χ1) is 18.1. The van der Waals surface area contributed by atoms with Crippen LogP contribution < -0.4 is 0 Å². The number of aromatic nitrogens is 2. The van der Waals surface area contributed by atoms with Gasteiger partial charge in [-0.25, -0.2) is 4.85 Å². The number of Topliss-reactive ketones (excluding diaryl/α,β-unsaturated/α-hetero) is 1. The van der Waals surface area contributed by atoms with Gasteiger partial charge in [-0.3, -0.25) is 4.79 Å². The molecule has 1 aromatic rings. The molecule has 0 amide bonds. The zero-order valence-corrected chi connectivity index (χ0v) is 24.9.